The van der Waals surface area contributed by atoms with Crippen molar-refractivity contribution in [3.05, 3.63) is 89.5 Å². The molecule has 0 bridgehead atoms. The molecule has 0 saturated carbocycles. The molecule has 4 rings (SSSR count). The van der Waals surface area contributed by atoms with E-state index in [2.05, 4.69) is 17.2 Å². The zero-order chi connectivity index (χ0) is 22.3. The Bertz CT molecular complexity index is 1150. The first-order valence-electron chi connectivity index (χ1n) is 10.6. The van der Waals surface area contributed by atoms with Gasteiger partial charge >= 0.3 is 6.03 Å². The number of rotatable bonds is 4. The highest BCUT2D eigenvalue weighted by Crippen LogP contribution is 2.39. The van der Waals surface area contributed by atoms with Gasteiger partial charge < -0.3 is 19.7 Å². The topological polar surface area (TPSA) is 50.8 Å². The Morgan fingerprint density at radius 1 is 0.938 bits per heavy atom. The van der Waals surface area contributed by atoms with Gasteiger partial charge in [0.2, 0.25) is 0 Å². The van der Waals surface area contributed by atoms with Crippen molar-refractivity contribution < 1.29 is 14.3 Å². The fourth-order valence-corrected chi connectivity index (χ4v) is 3.97. The van der Waals surface area contributed by atoms with Crippen LogP contribution in [0.2, 0.25) is 0 Å². The minimum atomic E-state index is -0.134. The molecule has 1 N–H and O–H groups in total. The van der Waals surface area contributed by atoms with Crippen molar-refractivity contribution in [1.29, 1.82) is 0 Å². The number of urea groups is 1. The number of methoxy groups -OCH3 is 2. The standard InChI is InChI=1S/C27H26N2O3/c1-31-23-15-16-26(32-2)24(19-23)25-12-7-17-29(25)27(30)28-22-11-6-10-21(18-22)14-13-20-8-4-3-5-9-20/h3-6,8-11,15-16,18-19,25H,7,12,17H2,1-2H3,(H,28,30). The van der Waals surface area contributed by atoms with Crippen LogP contribution in [0.5, 0.6) is 11.5 Å². The fourth-order valence-electron chi connectivity index (χ4n) is 3.97. The van der Waals surface area contributed by atoms with Gasteiger partial charge in [-0.1, -0.05) is 36.1 Å². The predicted molar refractivity (Wildman–Crippen MR) is 126 cm³/mol. The van der Waals surface area contributed by atoms with Gasteiger partial charge in [-0.3, -0.25) is 0 Å². The number of benzene rings is 3. The van der Waals surface area contributed by atoms with Crippen LogP contribution in [0.15, 0.2) is 72.8 Å². The summed E-state index contributed by atoms with van der Waals surface area (Å²) in [7, 11) is 3.28. The summed E-state index contributed by atoms with van der Waals surface area (Å²) in [4.78, 5) is 15.0. The van der Waals surface area contributed by atoms with Crippen LogP contribution in [0, 0.1) is 11.8 Å². The minimum Gasteiger partial charge on any atom is -0.497 e. The van der Waals surface area contributed by atoms with Crippen LogP contribution >= 0.6 is 0 Å². The van der Waals surface area contributed by atoms with Gasteiger partial charge in [0.15, 0.2) is 0 Å². The molecule has 5 heteroatoms. The molecule has 0 aliphatic carbocycles. The third-order valence-corrected chi connectivity index (χ3v) is 5.55. The highest BCUT2D eigenvalue weighted by atomic mass is 16.5. The molecule has 32 heavy (non-hydrogen) atoms. The van der Waals surface area contributed by atoms with Crippen molar-refractivity contribution in [3.63, 3.8) is 0 Å². The maximum Gasteiger partial charge on any atom is 0.322 e. The Morgan fingerprint density at radius 3 is 2.50 bits per heavy atom. The summed E-state index contributed by atoms with van der Waals surface area (Å²) in [5.41, 5.74) is 3.48. The lowest BCUT2D eigenvalue weighted by Crippen LogP contribution is -2.34. The van der Waals surface area contributed by atoms with Crippen LogP contribution in [0.1, 0.15) is 35.6 Å². The summed E-state index contributed by atoms with van der Waals surface area (Å²) in [6, 6.07) is 22.9. The molecule has 0 spiro atoms. The van der Waals surface area contributed by atoms with E-state index in [1.165, 1.54) is 0 Å². The number of hydrogen-bond donors (Lipinski definition) is 1. The number of carbonyl (C=O) groups excluding carboxylic acids is 1. The van der Waals surface area contributed by atoms with Crippen molar-refractivity contribution in [2.75, 3.05) is 26.1 Å². The van der Waals surface area contributed by atoms with E-state index in [9.17, 15) is 4.79 Å². The molecule has 0 radical (unpaired) electrons. The van der Waals surface area contributed by atoms with Gasteiger partial charge in [-0.05, 0) is 61.4 Å². The van der Waals surface area contributed by atoms with Crippen LogP contribution in [-0.4, -0.2) is 31.7 Å². The summed E-state index contributed by atoms with van der Waals surface area (Å²) in [6.45, 7) is 0.685. The lowest BCUT2D eigenvalue weighted by Gasteiger charge is -2.27. The van der Waals surface area contributed by atoms with E-state index in [0.29, 0.717) is 6.54 Å². The third kappa shape index (κ3) is 4.87. The molecule has 1 aliphatic rings. The Hall–Kier alpha value is -3.91. The number of hydrogen-bond acceptors (Lipinski definition) is 3. The van der Waals surface area contributed by atoms with E-state index in [-0.39, 0.29) is 12.1 Å². The second-order valence-corrected chi connectivity index (χ2v) is 7.59. The van der Waals surface area contributed by atoms with Crippen molar-refractivity contribution in [3.8, 4) is 23.3 Å². The van der Waals surface area contributed by atoms with Gasteiger partial charge in [-0.25, -0.2) is 4.79 Å². The highest BCUT2D eigenvalue weighted by Gasteiger charge is 2.32. The Morgan fingerprint density at radius 2 is 1.72 bits per heavy atom. The molecule has 0 aromatic heterocycles. The number of likely N-dealkylation sites (tertiary alicyclic amines) is 1. The first kappa shape index (κ1) is 21.3. The van der Waals surface area contributed by atoms with E-state index in [1.54, 1.807) is 14.2 Å². The number of amides is 2. The quantitative estimate of drug-likeness (QED) is 0.563. The first-order chi connectivity index (χ1) is 15.7. The molecule has 5 nitrogen and oxygen atoms in total. The number of anilines is 1. The van der Waals surface area contributed by atoms with Crippen molar-refractivity contribution in [2.45, 2.75) is 18.9 Å². The molecule has 1 aliphatic heterocycles. The molecule has 3 aromatic carbocycles. The Kier molecular flexibility index (Phi) is 6.62. The normalized spacial score (nSPS) is 14.9. The number of nitrogens with one attached hydrogen (secondary N) is 1. The van der Waals surface area contributed by atoms with Crippen LogP contribution < -0.4 is 14.8 Å². The molecule has 1 unspecified atom stereocenters. The summed E-state index contributed by atoms with van der Waals surface area (Å²) in [5, 5.41) is 3.04. The van der Waals surface area contributed by atoms with Crippen LogP contribution in [-0.2, 0) is 0 Å². The lowest BCUT2D eigenvalue weighted by molar-refractivity contribution is 0.206. The largest absolute Gasteiger partial charge is 0.497 e. The number of carbonyl (C=O) groups is 1. The smallest absolute Gasteiger partial charge is 0.322 e. The maximum atomic E-state index is 13.1. The maximum absolute atomic E-state index is 13.1. The molecule has 1 saturated heterocycles. The average Bonchev–Trinajstić information content (AvgIpc) is 3.33. The van der Waals surface area contributed by atoms with Gasteiger partial charge in [0, 0.05) is 28.9 Å². The number of ether oxygens (including phenoxy) is 2. The van der Waals surface area contributed by atoms with E-state index in [1.807, 2.05) is 77.7 Å². The second kappa shape index (κ2) is 9.93. The van der Waals surface area contributed by atoms with Crippen molar-refractivity contribution in [2.24, 2.45) is 0 Å². The molecule has 162 valence electrons. The molecule has 2 amide bonds. The van der Waals surface area contributed by atoms with Gasteiger partial charge in [0.1, 0.15) is 11.5 Å². The fraction of sp³-hybridized carbons (Fsp3) is 0.222. The summed E-state index contributed by atoms with van der Waals surface area (Å²) >= 11 is 0. The molecule has 1 atom stereocenters. The summed E-state index contributed by atoms with van der Waals surface area (Å²) < 4.78 is 10.9. The molecular weight excluding hydrogens is 400 g/mol. The SMILES string of the molecule is COc1ccc(OC)c(C2CCCN2C(=O)Nc2cccc(C#Cc3ccccc3)c2)c1. The van der Waals surface area contributed by atoms with Crippen molar-refractivity contribution in [1.82, 2.24) is 4.90 Å². The summed E-state index contributed by atoms with van der Waals surface area (Å²) in [6.07, 6.45) is 1.81. The van der Waals surface area contributed by atoms with Gasteiger partial charge in [-0.15, -0.1) is 0 Å². The van der Waals surface area contributed by atoms with Gasteiger partial charge in [0.05, 0.1) is 20.3 Å². The van der Waals surface area contributed by atoms with E-state index in [4.69, 9.17) is 9.47 Å². The van der Waals surface area contributed by atoms with Crippen LogP contribution in [0.4, 0.5) is 10.5 Å². The Balaban J connectivity index is 1.51. The second-order valence-electron chi connectivity index (χ2n) is 7.59. The summed E-state index contributed by atoms with van der Waals surface area (Å²) in [5.74, 6) is 7.82. The van der Waals surface area contributed by atoms with Crippen molar-refractivity contribution >= 4 is 11.7 Å². The zero-order valence-electron chi connectivity index (χ0n) is 18.3. The highest BCUT2D eigenvalue weighted by molar-refractivity contribution is 5.90. The molecular formula is C27H26N2O3. The average molecular weight is 427 g/mol. The molecule has 1 fully saturated rings. The van der Waals surface area contributed by atoms with Crippen LogP contribution in [0.25, 0.3) is 0 Å². The van der Waals surface area contributed by atoms with Gasteiger partial charge in [-0.2, -0.15) is 0 Å². The van der Waals surface area contributed by atoms with E-state index in [0.717, 1.165) is 46.7 Å². The van der Waals surface area contributed by atoms with Crippen LogP contribution in [0.3, 0.4) is 0 Å². The van der Waals surface area contributed by atoms with E-state index < -0.39 is 0 Å². The molecule has 1 heterocycles. The van der Waals surface area contributed by atoms with E-state index >= 15 is 0 Å². The van der Waals surface area contributed by atoms with Gasteiger partial charge in [0.25, 0.3) is 0 Å². The minimum absolute atomic E-state index is 0.0684. The molecule has 3 aromatic rings. The monoisotopic (exact) mass is 426 g/mol. The zero-order valence-corrected chi connectivity index (χ0v) is 18.3. The number of nitrogens with zero attached hydrogens (tertiary/aromatic N) is 1. The third-order valence-electron chi connectivity index (χ3n) is 5.55. The first-order valence-corrected chi connectivity index (χ1v) is 10.6. The Labute approximate surface area is 189 Å². The lowest BCUT2D eigenvalue weighted by atomic mass is 10.0. The predicted octanol–water partition coefficient (Wildman–Crippen LogP) is 5.47.